The first kappa shape index (κ1) is 14.1. The first-order valence-electron chi connectivity index (χ1n) is 6.25. The van der Waals surface area contributed by atoms with Crippen molar-refractivity contribution in [1.82, 2.24) is 3.98 Å². The summed E-state index contributed by atoms with van der Waals surface area (Å²) in [5.41, 5.74) is 0.569. The molecule has 0 bridgehead atoms. The topological polar surface area (TPSA) is 12.9 Å². The molecule has 0 saturated carbocycles. The number of hydrogen-bond donors (Lipinski definition) is 0. The van der Waals surface area contributed by atoms with Crippen LogP contribution in [0.2, 0.25) is 0 Å². The van der Waals surface area contributed by atoms with Gasteiger partial charge in [-0.3, -0.25) is 0 Å². The molecule has 1 aromatic heterocycles. The summed E-state index contributed by atoms with van der Waals surface area (Å²) >= 11 is -0.558. The zero-order valence-electron chi connectivity index (χ0n) is 10.8. The van der Waals surface area contributed by atoms with Crippen LogP contribution in [0.25, 0.3) is 21.3 Å². The van der Waals surface area contributed by atoms with E-state index in [2.05, 4.69) is 3.98 Å². The Kier molecular flexibility index (Phi) is 3.70. The van der Waals surface area contributed by atoms with Gasteiger partial charge in [-0.05, 0) is 0 Å². The average molecular weight is 352 g/mol. The van der Waals surface area contributed by atoms with Crippen molar-refractivity contribution in [1.29, 1.82) is 0 Å². The van der Waals surface area contributed by atoms with Crippen molar-refractivity contribution in [3.63, 3.8) is 0 Å². The number of rotatable bonds is 2. The van der Waals surface area contributed by atoms with Crippen LogP contribution in [0.5, 0.6) is 0 Å². The third-order valence-electron chi connectivity index (χ3n) is 3.06. The van der Waals surface area contributed by atoms with Crippen LogP contribution in [0.1, 0.15) is 5.56 Å². The molecular formula is C16H10F3NSe. The predicted octanol–water partition coefficient (Wildman–Crippen LogP) is 4.49. The fraction of sp³-hybridized carbons (Fsp3) is 0.0625. The number of halogens is 3. The van der Waals surface area contributed by atoms with Gasteiger partial charge >= 0.3 is 126 Å². The molecule has 5 heteroatoms. The van der Waals surface area contributed by atoms with Gasteiger partial charge in [0.2, 0.25) is 0 Å². The normalized spacial score (nSPS) is 11.6. The van der Waals surface area contributed by atoms with E-state index in [1.807, 2.05) is 0 Å². The molecule has 3 rings (SSSR count). The van der Waals surface area contributed by atoms with Crippen molar-refractivity contribution in [2.24, 2.45) is 0 Å². The van der Waals surface area contributed by atoms with Crippen LogP contribution in [0.15, 0.2) is 60.7 Å². The second kappa shape index (κ2) is 5.51. The number of alkyl halides is 3. The molecule has 0 unspecified atom stereocenters. The van der Waals surface area contributed by atoms with Crippen LogP contribution in [-0.4, -0.2) is 18.7 Å². The summed E-state index contributed by atoms with van der Waals surface area (Å²) in [6.45, 7) is 0. The van der Waals surface area contributed by atoms with Crippen LogP contribution < -0.4 is 0 Å². The van der Waals surface area contributed by atoms with E-state index < -0.39 is 26.5 Å². The summed E-state index contributed by atoms with van der Waals surface area (Å²) in [6.07, 6.45) is -4.40. The van der Waals surface area contributed by atoms with Crippen molar-refractivity contribution in [2.45, 2.75) is 6.18 Å². The minimum absolute atomic E-state index is 0.0574. The fourth-order valence-corrected chi connectivity index (χ4v) is 4.07. The Labute approximate surface area is 126 Å². The van der Waals surface area contributed by atoms with Crippen LogP contribution in [0.4, 0.5) is 13.2 Å². The van der Waals surface area contributed by atoms with Crippen LogP contribution in [-0.2, 0) is 6.18 Å². The number of benzene rings is 2. The van der Waals surface area contributed by atoms with Crippen LogP contribution in [0, 0.1) is 0 Å². The monoisotopic (exact) mass is 353 g/mol. The molecule has 0 aliphatic carbocycles. The molecule has 0 aliphatic heterocycles. The summed E-state index contributed by atoms with van der Waals surface area (Å²) in [5, 5.41) is 0. The molecule has 0 aliphatic rings. The Morgan fingerprint density at radius 3 is 1.81 bits per heavy atom. The predicted molar refractivity (Wildman–Crippen MR) is 77.1 cm³/mol. The van der Waals surface area contributed by atoms with E-state index in [1.54, 1.807) is 60.7 Å². The third kappa shape index (κ3) is 2.80. The second-order valence-electron chi connectivity index (χ2n) is 4.47. The van der Waals surface area contributed by atoms with Crippen molar-refractivity contribution < 1.29 is 13.2 Å². The van der Waals surface area contributed by atoms with Gasteiger partial charge in [0.25, 0.3) is 0 Å². The molecule has 0 atom stereocenters. The molecule has 3 aromatic rings. The van der Waals surface area contributed by atoms with Gasteiger partial charge in [0.1, 0.15) is 0 Å². The summed E-state index contributed by atoms with van der Waals surface area (Å²) < 4.78 is 45.0. The molecule has 0 fully saturated rings. The summed E-state index contributed by atoms with van der Waals surface area (Å²) in [6, 6.07) is 17.2. The van der Waals surface area contributed by atoms with Gasteiger partial charge in [-0.15, -0.1) is 0 Å². The van der Waals surface area contributed by atoms with Gasteiger partial charge in [-0.2, -0.15) is 0 Å². The van der Waals surface area contributed by atoms with E-state index in [9.17, 15) is 13.2 Å². The molecule has 0 saturated heterocycles. The van der Waals surface area contributed by atoms with Gasteiger partial charge < -0.3 is 0 Å². The zero-order valence-corrected chi connectivity index (χ0v) is 12.5. The Hall–Kier alpha value is -1.84. The van der Waals surface area contributed by atoms with Crippen LogP contribution in [0.3, 0.4) is 0 Å². The number of hydrogen-bond acceptors (Lipinski definition) is 1. The first-order chi connectivity index (χ1) is 10.1. The Balaban J connectivity index is 2.23. The minimum atomic E-state index is -4.40. The van der Waals surface area contributed by atoms with E-state index in [-0.39, 0.29) is 5.69 Å². The molecule has 0 radical (unpaired) electrons. The molecular weight excluding hydrogens is 342 g/mol. The quantitative estimate of drug-likeness (QED) is 0.620. The summed E-state index contributed by atoms with van der Waals surface area (Å²) in [7, 11) is 0. The standard InChI is InChI=1S/C16H10F3NSe/c17-16(18,19)13-14(11-7-3-1-4-8-11)20-21-15(13)12-9-5-2-6-10-12/h1-10H. The van der Waals surface area contributed by atoms with Gasteiger partial charge in [0.15, 0.2) is 0 Å². The summed E-state index contributed by atoms with van der Waals surface area (Å²) in [4.78, 5) is 0. The molecule has 2 aromatic carbocycles. The van der Waals surface area contributed by atoms with E-state index in [0.29, 0.717) is 15.6 Å². The second-order valence-corrected chi connectivity index (χ2v) is 6.09. The van der Waals surface area contributed by atoms with E-state index in [1.165, 1.54) is 0 Å². The maximum atomic E-state index is 13.5. The molecule has 1 nitrogen and oxygen atoms in total. The van der Waals surface area contributed by atoms with E-state index in [0.717, 1.165) is 0 Å². The molecule has 0 spiro atoms. The van der Waals surface area contributed by atoms with E-state index >= 15 is 0 Å². The fourth-order valence-electron chi connectivity index (χ4n) is 2.13. The Morgan fingerprint density at radius 1 is 0.762 bits per heavy atom. The van der Waals surface area contributed by atoms with Gasteiger partial charge in [0.05, 0.1) is 0 Å². The molecule has 1 heterocycles. The molecule has 21 heavy (non-hydrogen) atoms. The van der Waals surface area contributed by atoms with Crippen molar-refractivity contribution in [3.05, 3.63) is 66.2 Å². The van der Waals surface area contributed by atoms with Crippen molar-refractivity contribution in [3.8, 4) is 21.3 Å². The summed E-state index contributed by atoms with van der Waals surface area (Å²) in [5.74, 6) is 0. The first-order valence-corrected chi connectivity index (χ1v) is 7.87. The number of nitrogens with zero attached hydrogens (tertiary/aromatic N) is 1. The van der Waals surface area contributed by atoms with Gasteiger partial charge in [-0.25, -0.2) is 0 Å². The van der Waals surface area contributed by atoms with Crippen LogP contribution >= 0.6 is 0 Å². The SMILES string of the molecule is FC(F)(F)c1c(-c2ccccc2)n[se]c1-c1ccccc1. The molecule has 0 N–H and O–H groups in total. The number of aromatic nitrogens is 1. The van der Waals surface area contributed by atoms with Crippen molar-refractivity contribution >= 4 is 14.7 Å². The molecule has 106 valence electrons. The maximum absolute atomic E-state index is 13.5. The Bertz CT molecular complexity index is 676. The zero-order chi connectivity index (χ0) is 14.9. The molecule has 0 amide bonds. The Morgan fingerprint density at radius 2 is 1.29 bits per heavy atom. The van der Waals surface area contributed by atoms with E-state index in [4.69, 9.17) is 0 Å². The average Bonchev–Trinajstić information content (AvgIpc) is 2.94. The van der Waals surface area contributed by atoms with Crippen molar-refractivity contribution in [2.75, 3.05) is 0 Å². The third-order valence-corrected chi connectivity index (χ3v) is 4.94. The van der Waals surface area contributed by atoms with Gasteiger partial charge in [0, 0.05) is 0 Å². The van der Waals surface area contributed by atoms with Gasteiger partial charge in [-0.1, -0.05) is 0 Å².